The van der Waals surface area contributed by atoms with E-state index in [1.165, 1.54) is 7.05 Å². The third-order valence-corrected chi connectivity index (χ3v) is 6.89. The van der Waals surface area contributed by atoms with Gasteiger partial charge in [0, 0.05) is 30.2 Å². The molecule has 0 radical (unpaired) electrons. The maximum atomic E-state index is 11.6. The molecule has 5 N–H and O–H groups in total. The van der Waals surface area contributed by atoms with Crippen LogP contribution in [0.4, 0.5) is 19.2 Å². The second-order valence-electron chi connectivity index (χ2n) is 9.47. The summed E-state index contributed by atoms with van der Waals surface area (Å²) in [4.78, 5) is 48.6. The van der Waals surface area contributed by atoms with E-state index >= 15 is 0 Å². The van der Waals surface area contributed by atoms with Crippen molar-refractivity contribution in [2.45, 2.75) is 31.6 Å². The van der Waals surface area contributed by atoms with Crippen LogP contribution >= 0.6 is 31.9 Å². The standard InChI is InChI=1S/C11H12BrN3O2.C10H10BrN3O2.C5H13NO2/c1-11(7-4-3-5-8(12)6-7)13-9(16)15(2)10(17)14-11;1-10(6-3-2-4-7(11)5-6)13-8(15)12-9(16)14-10;1-6(2)5(7-3)8-4/h3-6H,1-2H3,(H,13,16)(H,14,17);2-5H,1H3,(H3,12,13,14,15,16);5H,1-4H3. The van der Waals surface area contributed by atoms with Crippen molar-refractivity contribution in [2.75, 3.05) is 35.4 Å². The maximum absolute atomic E-state index is 11.6. The van der Waals surface area contributed by atoms with Crippen LogP contribution in [0.1, 0.15) is 25.0 Å². The predicted molar refractivity (Wildman–Crippen MR) is 160 cm³/mol. The molecule has 0 atom stereocenters. The van der Waals surface area contributed by atoms with E-state index in [1.54, 1.807) is 28.1 Å². The lowest BCUT2D eigenvalue weighted by atomic mass is 10.0. The first-order valence-corrected chi connectivity index (χ1v) is 13.8. The van der Waals surface area contributed by atoms with Crippen molar-refractivity contribution >= 4 is 56.0 Å². The molecule has 41 heavy (non-hydrogen) atoms. The van der Waals surface area contributed by atoms with Crippen molar-refractivity contribution in [3.05, 3.63) is 68.6 Å². The molecule has 2 aliphatic rings. The number of nitrogens with zero attached hydrogens (tertiary/aromatic N) is 2. The Morgan fingerprint density at radius 3 is 1.46 bits per heavy atom. The number of rotatable bonds is 5. The Kier molecular flexibility index (Phi) is 12.1. The van der Waals surface area contributed by atoms with Crippen LogP contribution in [0.25, 0.3) is 0 Å². The SMILES string of the molecule is CC1(c2cccc(Br)c2)NC(=O)NC(=O)N1.CN1C(=O)NC(C)(c2cccc(Br)c2)NC1=O.COC(OC)N(C)C. The van der Waals surface area contributed by atoms with Gasteiger partial charge in [-0.3, -0.25) is 10.2 Å². The first-order chi connectivity index (χ1) is 19.1. The van der Waals surface area contributed by atoms with Gasteiger partial charge in [0.15, 0.2) is 0 Å². The lowest BCUT2D eigenvalue weighted by Gasteiger charge is -2.39. The molecule has 8 amide bonds. The Labute approximate surface area is 255 Å². The highest BCUT2D eigenvalue weighted by Crippen LogP contribution is 2.24. The van der Waals surface area contributed by atoms with E-state index in [4.69, 9.17) is 9.47 Å². The molecule has 0 spiro atoms. The molecule has 2 aromatic carbocycles. The van der Waals surface area contributed by atoms with E-state index in [2.05, 4.69) is 58.4 Å². The summed E-state index contributed by atoms with van der Waals surface area (Å²) in [5.41, 5.74) is -0.167. The third kappa shape index (κ3) is 9.39. The van der Waals surface area contributed by atoms with Gasteiger partial charge >= 0.3 is 24.1 Å². The predicted octanol–water partition coefficient (Wildman–Crippen LogP) is 3.76. The van der Waals surface area contributed by atoms with Gasteiger partial charge in [-0.05, 0) is 63.3 Å². The minimum absolute atomic E-state index is 0.213. The van der Waals surface area contributed by atoms with Gasteiger partial charge in [0.25, 0.3) is 0 Å². The second kappa shape index (κ2) is 14.6. The van der Waals surface area contributed by atoms with Gasteiger partial charge in [0.2, 0.25) is 6.41 Å². The zero-order valence-electron chi connectivity index (χ0n) is 23.8. The fourth-order valence-corrected chi connectivity index (χ4v) is 4.57. The number of urea groups is 4. The quantitative estimate of drug-likeness (QED) is 0.298. The van der Waals surface area contributed by atoms with E-state index in [1.807, 2.05) is 67.5 Å². The number of ether oxygens (including phenoxy) is 2. The van der Waals surface area contributed by atoms with Crippen molar-refractivity contribution in [2.24, 2.45) is 0 Å². The summed E-state index contributed by atoms with van der Waals surface area (Å²) in [6, 6.07) is 12.9. The summed E-state index contributed by atoms with van der Waals surface area (Å²) in [6.07, 6.45) is -0.213. The summed E-state index contributed by atoms with van der Waals surface area (Å²) in [5.74, 6) is 0. The summed E-state index contributed by atoms with van der Waals surface area (Å²) in [7, 11) is 8.41. The van der Waals surface area contributed by atoms with Crippen LogP contribution < -0.4 is 26.6 Å². The van der Waals surface area contributed by atoms with Crippen LogP contribution in [0.2, 0.25) is 0 Å². The molecular weight excluding hydrogens is 666 g/mol. The second-order valence-corrected chi connectivity index (χ2v) is 11.3. The first kappa shape index (κ1) is 34.0. The van der Waals surface area contributed by atoms with Crippen LogP contribution in [-0.2, 0) is 20.8 Å². The molecule has 0 bridgehead atoms. The Bertz CT molecular complexity index is 1220. The molecule has 2 saturated heterocycles. The fraction of sp³-hybridized carbons (Fsp3) is 0.385. The normalized spacial score (nSPS) is 17.1. The number of halogens is 2. The van der Waals surface area contributed by atoms with Gasteiger partial charge in [-0.2, -0.15) is 0 Å². The molecular formula is C26H35Br2N7O6. The first-order valence-electron chi connectivity index (χ1n) is 12.2. The molecule has 2 aromatic rings. The number of nitrogens with one attached hydrogen (secondary N) is 5. The largest absolute Gasteiger partial charge is 0.343 e. The number of hydrogen-bond donors (Lipinski definition) is 5. The van der Waals surface area contributed by atoms with Crippen LogP contribution in [-0.4, -0.2) is 75.7 Å². The molecule has 0 aromatic heterocycles. The number of benzene rings is 2. The number of amides is 8. The number of imide groups is 2. The highest BCUT2D eigenvalue weighted by molar-refractivity contribution is 9.10. The number of carbonyl (C=O) groups is 4. The van der Waals surface area contributed by atoms with Gasteiger partial charge in [0.05, 0.1) is 0 Å². The summed E-state index contributed by atoms with van der Waals surface area (Å²) >= 11 is 6.70. The van der Waals surface area contributed by atoms with Gasteiger partial charge in [-0.25, -0.2) is 24.1 Å². The van der Waals surface area contributed by atoms with Crippen LogP contribution in [0.3, 0.4) is 0 Å². The van der Waals surface area contributed by atoms with Crippen molar-refractivity contribution in [1.82, 2.24) is 36.4 Å². The smallest absolute Gasteiger partial charge is 0.327 e. The minimum atomic E-state index is -0.886. The average molecular weight is 701 g/mol. The Morgan fingerprint density at radius 1 is 0.756 bits per heavy atom. The van der Waals surface area contributed by atoms with Crippen molar-refractivity contribution in [3.8, 4) is 0 Å². The average Bonchev–Trinajstić information content (AvgIpc) is 2.88. The van der Waals surface area contributed by atoms with E-state index in [0.29, 0.717) is 0 Å². The van der Waals surface area contributed by atoms with Gasteiger partial charge in [-0.15, -0.1) is 0 Å². The zero-order chi connectivity index (χ0) is 31.0. The number of methoxy groups -OCH3 is 2. The van der Waals surface area contributed by atoms with E-state index in [9.17, 15) is 19.2 Å². The minimum Gasteiger partial charge on any atom is -0.343 e. The van der Waals surface area contributed by atoms with E-state index in [0.717, 1.165) is 25.0 Å². The molecule has 13 nitrogen and oxygen atoms in total. The molecule has 0 unspecified atom stereocenters. The highest BCUT2D eigenvalue weighted by atomic mass is 79.9. The van der Waals surface area contributed by atoms with Crippen molar-refractivity contribution < 1.29 is 28.7 Å². The molecule has 2 heterocycles. The van der Waals surface area contributed by atoms with E-state index in [-0.39, 0.29) is 6.41 Å². The van der Waals surface area contributed by atoms with Crippen molar-refractivity contribution in [1.29, 1.82) is 0 Å². The number of carbonyl (C=O) groups excluding carboxylic acids is 4. The fourth-order valence-electron chi connectivity index (χ4n) is 3.78. The molecule has 0 saturated carbocycles. The Morgan fingerprint density at radius 2 is 1.15 bits per heavy atom. The van der Waals surface area contributed by atoms with E-state index < -0.39 is 35.5 Å². The number of hydrogen-bond acceptors (Lipinski definition) is 7. The topological polar surface area (TPSA) is 153 Å². The van der Waals surface area contributed by atoms with Gasteiger partial charge in [-0.1, -0.05) is 56.1 Å². The Balaban J connectivity index is 0.000000230. The third-order valence-electron chi connectivity index (χ3n) is 5.91. The zero-order valence-corrected chi connectivity index (χ0v) is 27.0. The van der Waals surface area contributed by atoms with Crippen LogP contribution in [0.5, 0.6) is 0 Å². The van der Waals surface area contributed by atoms with Crippen LogP contribution in [0.15, 0.2) is 57.5 Å². The molecule has 224 valence electrons. The maximum Gasteiger partial charge on any atom is 0.327 e. The summed E-state index contributed by atoms with van der Waals surface area (Å²) in [6.45, 7) is 3.48. The molecule has 2 aliphatic heterocycles. The molecule has 2 fully saturated rings. The summed E-state index contributed by atoms with van der Waals surface area (Å²) < 4.78 is 11.5. The lowest BCUT2D eigenvalue weighted by molar-refractivity contribution is -0.179. The molecule has 15 heteroatoms. The summed E-state index contributed by atoms with van der Waals surface area (Å²) in [5, 5.41) is 12.9. The monoisotopic (exact) mass is 699 g/mol. The van der Waals surface area contributed by atoms with Crippen LogP contribution in [0, 0.1) is 0 Å². The Hall–Kier alpha value is -3.24. The van der Waals surface area contributed by atoms with Gasteiger partial charge in [0.1, 0.15) is 11.3 Å². The van der Waals surface area contributed by atoms with Crippen molar-refractivity contribution in [3.63, 3.8) is 0 Å². The highest BCUT2D eigenvalue weighted by Gasteiger charge is 2.38. The lowest BCUT2D eigenvalue weighted by Crippen LogP contribution is -2.67. The van der Waals surface area contributed by atoms with Gasteiger partial charge < -0.3 is 30.7 Å². The molecule has 4 rings (SSSR count). The molecule has 0 aliphatic carbocycles.